The van der Waals surface area contributed by atoms with E-state index in [1.807, 2.05) is 0 Å². The lowest BCUT2D eigenvalue weighted by atomic mass is 10.1. The molecule has 0 aliphatic rings. The maximum atomic E-state index is 10.9. The van der Waals surface area contributed by atoms with Crippen LogP contribution in [0.1, 0.15) is 21.7 Å². The number of benzene rings is 1. The zero-order chi connectivity index (χ0) is 13.8. The molecule has 0 unspecified atom stereocenters. The van der Waals surface area contributed by atoms with E-state index in [0.29, 0.717) is 11.3 Å². The van der Waals surface area contributed by atoms with E-state index >= 15 is 0 Å². The van der Waals surface area contributed by atoms with Gasteiger partial charge in [0, 0.05) is 5.56 Å². The Bertz CT molecular complexity index is 643. The first-order chi connectivity index (χ1) is 9.06. The normalized spacial score (nSPS) is 10.8. The van der Waals surface area contributed by atoms with Crippen LogP contribution in [0.5, 0.6) is 0 Å². The largest absolute Gasteiger partial charge is 0.433 e. The second kappa shape index (κ2) is 5.49. The molecule has 19 heavy (non-hydrogen) atoms. The summed E-state index contributed by atoms with van der Waals surface area (Å²) in [5.41, 5.74) is 1.23. The molecule has 5 nitrogen and oxygen atoms in total. The average molecular weight is 278 g/mol. The molecule has 0 aliphatic heterocycles. The molecule has 0 radical (unpaired) electrons. The smallest absolute Gasteiger partial charge is 0.401 e. The van der Waals surface area contributed by atoms with Gasteiger partial charge in [-0.2, -0.15) is 0 Å². The number of carbonyl (C=O) groups excluding carboxylic acids is 1. The fraction of sp³-hybridized carbons (Fsp3) is 0. The number of nitro groups is 1. The maximum absolute atomic E-state index is 10.9. The lowest BCUT2D eigenvalue weighted by molar-refractivity contribution is -0.402. The fourth-order valence-electron chi connectivity index (χ4n) is 1.43. The maximum Gasteiger partial charge on any atom is 0.433 e. The summed E-state index contributed by atoms with van der Waals surface area (Å²) in [5, 5.41) is 9.92. The lowest BCUT2D eigenvalue weighted by Crippen LogP contribution is -1.87. The summed E-state index contributed by atoms with van der Waals surface area (Å²) in [7, 11) is 0. The molecule has 6 heteroatoms. The van der Waals surface area contributed by atoms with Crippen LogP contribution in [0.3, 0.4) is 0 Å². The molecule has 0 saturated carbocycles. The highest BCUT2D eigenvalue weighted by Crippen LogP contribution is 2.18. The predicted octanol–water partition coefficient (Wildman–Crippen LogP) is 3.74. The van der Waals surface area contributed by atoms with E-state index in [0.717, 1.165) is 5.56 Å². The van der Waals surface area contributed by atoms with Crippen LogP contribution in [0.2, 0.25) is 0 Å². The van der Waals surface area contributed by atoms with Gasteiger partial charge < -0.3 is 4.42 Å². The molecule has 0 amide bonds. The van der Waals surface area contributed by atoms with Crippen molar-refractivity contribution in [2.45, 2.75) is 0 Å². The molecule has 0 saturated heterocycles. The van der Waals surface area contributed by atoms with Gasteiger partial charge in [-0.1, -0.05) is 18.2 Å². The highest BCUT2D eigenvalue weighted by atomic mass is 35.5. The Labute approximate surface area is 113 Å². The summed E-state index contributed by atoms with van der Waals surface area (Å²) in [6, 6.07) is 9.41. The van der Waals surface area contributed by atoms with Crippen LogP contribution in [0.4, 0.5) is 5.88 Å². The van der Waals surface area contributed by atoms with Gasteiger partial charge in [-0.05, 0) is 41.4 Å². The molecule has 96 valence electrons. The van der Waals surface area contributed by atoms with E-state index in [4.69, 9.17) is 16.0 Å². The van der Waals surface area contributed by atoms with E-state index in [9.17, 15) is 14.9 Å². The van der Waals surface area contributed by atoms with Crippen molar-refractivity contribution in [3.05, 3.63) is 63.4 Å². The summed E-state index contributed by atoms with van der Waals surface area (Å²) >= 11 is 5.33. The Kier molecular flexibility index (Phi) is 3.77. The molecular formula is C13H8ClNO4. The molecule has 0 spiro atoms. The zero-order valence-electron chi connectivity index (χ0n) is 9.58. The Hall–Kier alpha value is -2.40. The molecule has 0 bridgehead atoms. The topological polar surface area (TPSA) is 73.3 Å². The fourth-order valence-corrected chi connectivity index (χ4v) is 1.56. The van der Waals surface area contributed by atoms with Crippen LogP contribution in [-0.4, -0.2) is 10.2 Å². The van der Waals surface area contributed by atoms with Crippen molar-refractivity contribution < 1.29 is 14.1 Å². The van der Waals surface area contributed by atoms with Crippen molar-refractivity contribution in [1.29, 1.82) is 0 Å². The summed E-state index contributed by atoms with van der Waals surface area (Å²) in [6.07, 6.45) is 3.32. The Morgan fingerprint density at radius 2 is 1.84 bits per heavy atom. The second-order valence-electron chi connectivity index (χ2n) is 3.66. The molecule has 2 aromatic rings. The van der Waals surface area contributed by atoms with Gasteiger partial charge in [0.05, 0.1) is 6.07 Å². The lowest BCUT2D eigenvalue weighted by Gasteiger charge is -1.95. The highest BCUT2D eigenvalue weighted by Gasteiger charge is 2.09. The van der Waals surface area contributed by atoms with Crippen LogP contribution in [0, 0.1) is 10.1 Å². The van der Waals surface area contributed by atoms with Crippen molar-refractivity contribution in [1.82, 2.24) is 0 Å². The minimum atomic E-state index is -0.599. The van der Waals surface area contributed by atoms with Crippen LogP contribution >= 0.6 is 11.6 Å². The van der Waals surface area contributed by atoms with E-state index in [1.54, 1.807) is 36.4 Å². The van der Waals surface area contributed by atoms with Crippen molar-refractivity contribution in [2.75, 3.05) is 0 Å². The van der Waals surface area contributed by atoms with Gasteiger partial charge in [0.15, 0.2) is 0 Å². The zero-order valence-corrected chi connectivity index (χ0v) is 10.3. The van der Waals surface area contributed by atoms with Gasteiger partial charge in [-0.15, -0.1) is 0 Å². The molecule has 0 fully saturated rings. The van der Waals surface area contributed by atoms with E-state index in [2.05, 4.69) is 0 Å². The third-order valence-electron chi connectivity index (χ3n) is 2.37. The minimum absolute atomic E-state index is 0.303. The van der Waals surface area contributed by atoms with Crippen LogP contribution in [-0.2, 0) is 0 Å². The van der Waals surface area contributed by atoms with Gasteiger partial charge >= 0.3 is 5.88 Å². The number of hydrogen-bond donors (Lipinski definition) is 0. The first-order valence-corrected chi connectivity index (χ1v) is 5.66. The Morgan fingerprint density at radius 1 is 1.16 bits per heavy atom. The van der Waals surface area contributed by atoms with Gasteiger partial charge in [0.1, 0.15) is 10.7 Å². The average Bonchev–Trinajstić information content (AvgIpc) is 2.86. The number of carbonyl (C=O) groups is 1. The first-order valence-electron chi connectivity index (χ1n) is 5.28. The molecule has 1 aromatic carbocycles. The summed E-state index contributed by atoms with van der Waals surface area (Å²) in [5.74, 6) is 0.0759. The third kappa shape index (κ3) is 3.29. The van der Waals surface area contributed by atoms with Gasteiger partial charge in [-0.25, -0.2) is 0 Å². The van der Waals surface area contributed by atoms with Crippen LogP contribution in [0.15, 0.2) is 40.8 Å². The molecule has 0 N–H and O–H groups in total. The number of halogens is 1. The molecule has 2 rings (SSSR count). The SMILES string of the molecule is O=C(Cl)c1ccc(C=Cc2ccc([N+](=O)[O-])o2)cc1. The number of hydrogen-bond acceptors (Lipinski definition) is 4. The molecule has 0 atom stereocenters. The Balaban J connectivity index is 2.13. The van der Waals surface area contributed by atoms with Crippen molar-refractivity contribution in [2.24, 2.45) is 0 Å². The number of nitrogens with zero attached hydrogens (tertiary/aromatic N) is 1. The van der Waals surface area contributed by atoms with Gasteiger partial charge in [0.2, 0.25) is 0 Å². The standard InChI is InChI=1S/C13H8ClNO4/c14-13(16)10-4-1-9(2-5-10)3-6-11-7-8-12(19-11)15(17)18/h1-8H. The second-order valence-corrected chi connectivity index (χ2v) is 4.01. The van der Waals surface area contributed by atoms with Crippen molar-refractivity contribution in [3.63, 3.8) is 0 Å². The molecule has 1 aromatic heterocycles. The van der Waals surface area contributed by atoms with Gasteiger partial charge in [0.25, 0.3) is 5.24 Å². The van der Waals surface area contributed by atoms with Gasteiger partial charge in [-0.3, -0.25) is 14.9 Å². The van der Waals surface area contributed by atoms with E-state index in [-0.39, 0.29) is 5.88 Å². The van der Waals surface area contributed by atoms with Crippen molar-refractivity contribution in [3.8, 4) is 0 Å². The summed E-state index contributed by atoms with van der Waals surface area (Å²) in [6.45, 7) is 0. The van der Waals surface area contributed by atoms with Crippen LogP contribution < -0.4 is 0 Å². The molecule has 0 aliphatic carbocycles. The first kappa shape index (κ1) is 13.0. The monoisotopic (exact) mass is 277 g/mol. The van der Waals surface area contributed by atoms with E-state index < -0.39 is 10.2 Å². The van der Waals surface area contributed by atoms with E-state index in [1.165, 1.54) is 12.1 Å². The molecule has 1 heterocycles. The predicted molar refractivity (Wildman–Crippen MR) is 70.9 cm³/mol. The third-order valence-corrected chi connectivity index (χ3v) is 2.59. The number of rotatable bonds is 4. The number of furan rings is 1. The highest BCUT2D eigenvalue weighted by molar-refractivity contribution is 6.67. The van der Waals surface area contributed by atoms with Crippen molar-refractivity contribution >= 4 is 34.9 Å². The summed E-state index contributed by atoms with van der Waals surface area (Å²) < 4.78 is 4.97. The molecular weight excluding hydrogens is 270 g/mol. The summed E-state index contributed by atoms with van der Waals surface area (Å²) in [4.78, 5) is 20.7. The quantitative estimate of drug-likeness (QED) is 0.485. The van der Waals surface area contributed by atoms with Crippen LogP contribution in [0.25, 0.3) is 12.2 Å². The Morgan fingerprint density at radius 3 is 2.37 bits per heavy atom. The minimum Gasteiger partial charge on any atom is -0.401 e.